The third-order valence-corrected chi connectivity index (χ3v) is 20.5. The van der Waals surface area contributed by atoms with E-state index in [1.54, 1.807) is 13.8 Å². The number of aliphatic carboxylic acids is 1. The molecule has 0 radical (unpaired) electrons. The van der Waals surface area contributed by atoms with Crippen LogP contribution < -0.4 is 65.9 Å². The van der Waals surface area contributed by atoms with Gasteiger partial charge in [-0.2, -0.15) is 11.8 Å². The number of carboxylic acid groups (broad SMARTS) is 1. The number of hydrogen-bond donors (Lipinski definition) is 14. The van der Waals surface area contributed by atoms with Crippen molar-refractivity contribution in [2.75, 3.05) is 72.1 Å². The van der Waals surface area contributed by atoms with Crippen LogP contribution in [-0.2, 0) is 90.9 Å². The maximum absolute atomic E-state index is 13.9. The van der Waals surface area contributed by atoms with Gasteiger partial charge in [0.05, 0.1) is 69.7 Å². The molecule has 38 nitrogen and oxygen atoms in total. The van der Waals surface area contributed by atoms with Crippen molar-refractivity contribution in [1.82, 2.24) is 37.2 Å². The summed E-state index contributed by atoms with van der Waals surface area (Å²) in [5.41, 5.74) is 35.1. The van der Waals surface area contributed by atoms with Crippen molar-refractivity contribution in [3.8, 4) is 0 Å². The van der Waals surface area contributed by atoms with Crippen LogP contribution in [0, 0.1) is 41.4 Å². The molecular weight excluding hydrogens is 1480 g/mol. The molecule has 2 rings (SSSR count). The summed E-state index contributed by atoms with van der Waals surface area (Å²) in [6.07, 6.45) is 2.33. The fourth-order valence-electron chi connectivity index (χ4n) is 12.2. The number of fused-ring (bicyclic) bond motifs is 1. The number of carbonyl (C=O) groups excluding carboxylic acids is 16. The summed E-state index contributed by atoms with van der Waals surface area (Å²) in [4.78, 5) is 220. The van der Waals surface area contributed by atoms with Crippen molar-refractivity contribution < 1.29 is 106 Å². The van der Waals surface area contributed by atoms with Crippen molar-refractivity contribution >= 4 is 117 Å². The molecule has 0 aliphatic carbocycles. The summed E-state index contributed by atoms with van der Waals surface area (Å²) >= 11 is 1.89. The summed E-state index contributed by atoms with van der Waals surface area (Å²) < 4.78 is 16.4. The van der Waals surface area contributed by atoms with Gasteiger partial charge in [-0.25, -0.2) is 4.79 Å². The molecule has 2 aliphatic heterocycles. The number of carbonyl (C=O) groups is 17. The number of aliphatic imine (C=N–C) groups is 1. The highest BCUT2D eigenvalue weighted by Gasteiger charge is 2.43. The molecule has 13 atom stereocenters. The Kier molecular flexibility index (Phi) is 51.4. The minimum absolute atomic E-state index is 0.0246. The van der Waals surface area contributed by atoms with Crippen LogP contribution in [0.4, 0.5) is 4.79 Å². The zero-order chi connectivity index (χ0) is 84.4. The lowest BCUT2D eigenvalue weighted by atomic mass is 9.86. The molecule has 0 saturated carbocycles. The van der Waals surface area contributed by atoms with E-state index in [2.05, 4.69) is 52.2 Å². The zero-order valence-corrected chi connectivity index (χ0v) is 66.6. The number of nitrogens with one attached hydrogen (secondary N) is 7. The van der Waals surface area contributed by atoms with Crippen LogP contribution in [0.1, 0.15) is 196 Å². The van der Waals surface area contributed by atoms with Gasteiger partial charge in [-0.05, 0) is 82.1 Å². The van der Waals surface area contributed by atoms with Gasteiger partial charge >= 0.3 is 12.0 Å². The van der Waals surface area contributed by atoms with E-state index in [0.717, 1.165) is 25.0 Å². The summed E-state index contributed by atoms with van der Waals surface area (Å²) in [6.45, 7) is 10.9. The van der Waals surface area contributed by atoms with Crippen molar-refractivity contribution in [3.05, 3.63) is 10.4 Å². The number of aliphatic hydroxyl groups excluding tert-OH is 1. The number of hydrogen-bond acceptors (Lipinski definition) is 24. The lowest BCUT2D eigenvalue weighted by molar-refractivity contribution is -0.139. The largest absolute Gasteiger partial charge is 0.481 e. The van der Waals surface area contributed by atoms with E-state index < -0.39 is 175 Å². The van der Waals surface area contributed by atoms with Gasteiger partial charge < -0.3 is 90.3 Å². The number of ether oxygens (including phenoxy) is 3. The van der Waals surface area contributed by atoms with Gasteiger partial charge in [0.2, 0.25) is 47.3 Å². The third-order valence-electron chi connectivity index (χ3n) is 19.0. The van der Waals surface area contributed by atoms with Crippen molar-refractivity contribution in [2.45, 2.75) is 237 Å². The molecule has 0 aromatic carbocycles. The number of azide groups is 1. The molecule has 2 aliphatic rings. The number of Topliss-reactive ketones (excluding diaryl/α,β-unsaturated/α-hetero) is 7. The van der Waals surface area contributed by atoms with Gasteiger partial charge in [0.1, 0.15) is 24.2 Å². The van der Waals surface area contributed by atoms with E-state index in [-0.39, 0.29) is 131 Å². The minimum Gasteiger partial charge on any atom is -0.481 e. The molecule has 39 heteroatoms. The number of thioether (sulfide) groups is 1. The first-order valence-electron chi connectivity index (χ1n) is 38.2. The summed E-state index contributed by atoms with van der Waals surface area (Å²) in [6, 6.07) is -4.61. The first-order chi connectivity index (χ1) is 53.0. The minimum atomic E-state index is -1.69. The number of nitrogens with two attached hydrogens (primary N) is 5. The van der Waals surface area contributed by atoms with Crippen molar-refractivity contribution in [2.24, 2.45) is 80.2 Å². The fourth-order valence-corrected chi connectivity index (χ4v) is 13.7. The van der Waals surface area contributed by atoms with Gasteiger partial charge in [0, 0.05) is 143 Å². The molecule has 10 amide bonds. The number of unbranched alkanes of at least 4 members (excludes halogenated alkanes) is 2. The molecule has 2 heterocycles. The molecule has 112 heavy (non-hydrogen) atoms. The highest BCUT2D eigenvalue weighted by atomic mass is 32.2. The Morgan fingerprint density at radius 1 is 0.580 bits per heavy atom. The molecule has 2 fully saturated rings. The lowest BCUT2D eigenvalue weighted by Crippen LogP contribution is -2.49. The van der Waals surface area contributed by atoms with Gasteiger partial charge in [0.25, 0.3) is 0 Å². The topological polar surface area (TPSA) is 634 Å². The number of aliphatic hydroxyl groups is 1. The van der Waals surface area contributed by atoms with Crippen LogP contribution in [0.3, 0.4) is 0 Å². The molecule has 1 unspecified atom stereocenters. The Balaban J connectivity index is 0.00000113. The average molecular weight is 1610 g/mol. The average Bonchev–Trinajstić information content (AvgIpc) is 1.66. The van der Waals surface area contributed by atoms with Crippen LogP contribution in [0.2, 0.25) is 0 Å². The predicted molar refractivity (Wildman–Crippen MR) is 411 cm³/mol. The van der Waals surface area contributed by atoms with E-state index in [0.29, 0.717) is 76.6 Å². The first kappa shape index (κ1) is 101. The van der Waals surface area contributed by atoms with Gasteiger partial charge in [-0.3, -0.25) is 81.7 Å². The second kappa shape index (κ2) is 57.1. The third kappa shape index (κ3) is 43.7. The summed E-state index contributed by atoms with van der Waals surface area (Å²) in [5.74, 6) is -15.3. The standard InChI is InChI=1S/C37H61N9O13.C36H61N7O9S/c1-18(2)23(36(59)46-26(17-47)20(4)48)15-29(51)24(6-5-11-43-37(41)42)44-34(57)21(7-9-30(38)52)14-28(50)25(16-32(40)54)45-35(58)22(8-10-33(55)56)13-27(49)19(3)12-31(39)53;1-4-25(2)33(30(46)22-26(35(48)38-3)10-7-8-16-39-43-37)41-32(47)15-14-28(45)23-52-21-20-51-19-18-50-17-9-12-27(44)11-5-6-13-31-34-29(24-53-31)40-36(49)42-34/h18-19,21-26,47H,5-17H2,1-4H3,(H2,38,52)(H2,39,53)(H2,40,54)(H,44,57)(H,45,58)(H,46,59)(H,55,56)(H4,41,42,43);25-26,29,31,33-34H,4-24H2,1-3H3,(H,38,48)(H,41,47)(H2,40,42,49)/t19-,21+,22+,23-,24-,25-,26-;25?,26-,29-,31-,33+,34-/m01/s1. The van der Waals surface area contributed by atoms with E-state index in [1.165, 1.54) is 20.9 Å². The quantitative estimate of drug-likeness (QED) is 0.00760. The lowest BCUT2D eigenvalue weighted by Gasteiger charge is -2.26. The number of carboxylic acids is 1. The van der Waals surface area contributed by atoms with E-state index >= 15 is 0 Å². The zero-order valence-electron chi connectivity index (χ0n) is 65.8. The summed E-state index contributed by atoms with van der Waals surface area (Å²) in [7, 11) is 1.51. The van der Waals surface area contributed by atoms with Crippen LogP contribution in [0.15, 0.2) is 10.1 Å². The fraction of sp³-hybridized carbons (Fsp3) is 0.753. The Bertz CT molecular complexity index is 3210. The van der Waals surface area contributed by atoms with E-state index in [4.69, 9.17) is 48.4 Å². The second-order valence-corrected chi connectivity index (χ2v) is 29.8. The number of amides is 10. The Morgan fingerprint density at radius 3 is 1.74 bits per heavy atom. The molecular formula is C73H122N16O22S. The highest BCUT2D eigenvalue weighted by Crippen LogP contribution is 2.33. The molecule has 0 aromatic heterocycles. The smallest absolute Gasteiger partial charge is 0.315 e. The number of rotatable bonds is 64. The second-order valence-electron chi connectivity index (χ2n) is 28.5. The summed E-state index contributed by atoms with van der Waals surface area (Å²) in [5, 5.41) is 41.3. The first-order valence-corrected chi connectivity index (χ1v) is 39.3. The Morgan fingerprint density at radius 2 is 1.16 bits per heavy atom. The Labute approximate surface area is 657 Å². The number of nitrogens with zero attached hydrogens (tertiary/aromatic N) is 4. The van der Waals surface area contributed by atoms with Crippen LogP contribution in [-0.4, -0.2) is 230 Å². The number of ketones is 7. The molecule has 0 spiro atoms. The molecule has 632 valence electrons. The monoisotopic (exact) mass is 1610 g/mol. The van der Waals surface area contributed by atoms with Crippen LogP contribution in [0.5, 0.6) is 0 Å². The van der Waals surface area contributed by atoms with E-state index in [1.807, 2.05) is 25.6 Å². The molecule has 2 saturated heterocycles. The maximum Gasteiger partial charge on any atom is 0.315 e. The molecule has 0 aromatic rings. The SMILES string of the molecule is CC(=O)[C@H](CO)NC(=O)[C@@H](CC(=O)[C@H](CCCN=C(N)N)NC(=O)[C@H](CCC(N)=O)CC(=O)[C@H](CC(N)=O)NC(=O)[C@H](CCC(=O)O)CC(=O)[C@@H](C)CC(N)=O)C(C)C.CCC(C)[C@H](NC(=O)CCC(=O)COCCOCCOCCCC(=O)CCCC[C@H]1SC[C@H]2NC(=O)N[C@H]21)C(=O)C[C@@H](CCCCN=[N+]=[N-])C(=O)NC. The number of urea groups is 1. The van der Waals surface area contributed by atoms with Gasteiger partial charge in [0.15, 0.2) is 34.9 Å². The Hall–Kier alpha value is -9.04. The molecule has 0 bridgehead atoms. The van der Waals surface area contributed by atoms with Crippen LogP contribution >= 0.6 is 11.8 Å². The van der Waals surface area contributed by atoms with Crippen molar-refractivity contribution in [3.63, 3.8) is 0 Å². The predicted octanol–water partition coefficient (Wildman–Crippen LogP) is 0.769. The number of primary amides is 3. The van der Waals surface area contributed by atoms with Crippen LogP contribution in [0.25, 0.3) is 10.4 Å². The normalized spacial score (nSPS) is 16.8. The van der Waals surface area contributed by atoms with E-state index in [9.17, 15) is 91.7 Å². The maximum atomic E-state index is 13.9. The van der Waals surface area contributed by atoms with Gasteiger partial charge in [-0.1, -0.05) is 59.0 Å². The van der Waals surface area contributed by atoms with Gasteiger partial charge in [-0.15, -0.1) is 0 Å². The molecule has 19 N–H and O–H groups in total. The van der Waals surface area contributed by atoms with Crippen molar-refractivity contribution in [1.29, 1.82) is 0 Å². The highest BCUT2D eigenvalue weighted by molar-refractivity contribution is 8.00. The number of guanidine groups is 1.